The molecule has 4 saturated carbocycles. The Bertz CT molecular complexity index is 3340. The van der Waals surface area contributed by atoms with Gasteiger partial charge in [-0.2, -0.15) is 33.7 Å². The minimum atomic E-state index is -4.77. The Morgan fingerprint density at radius 1 is 0.354 bits per heavy atom. The first-order valence-corrected chi connectivity index (χ1v) is 36.6. The van der Waals surface area contributed by atoms with Gasteiger partial charge in [0.2, 0.25) is 0 Å². The summed E-state index contributed by atoms with van der Waals surface area (Å²) in [7, 11) is -18.4. The molecule has 4 aromatic rings. The fourth-order valence-electron chi connectivity index (χ4n) is 14.4. The smallest absolute Gasteiger partial charge is 0.339 e. The van der Waals surface area contributed by atoms with Crippen LogP contribution in [0.25, 0.3) is 0 Å². The largest absolute Gasteiger partial charge is 0.379 e. The topological polar surface area (TPSA) is 195 Å². The summed E-state index contributed by atoms with van der Waals surface area (Å²) < 4.78 is 149. The van der Waals surface area contributed by atoms with Crippen molar-refractivity contribution in [1.82, 2.24) is 0 Å². The van der Waals surface area contributed by atoms with E-state index in [0.717, 1.165) is 88.2 Å². The average molecular weight is 1210 g/mol. The van der Waals surface area contributed by atoms with E-state index in [1.54, 1.807) is 12.1 Å². The van der Waals surface area contributed by atoms with Crippen LogP contribution in [0.15, 0.2) is 68.1 Å². The lowest BCUT2D eigenvalue weighted by Crippen LogP contribution is -2.26. The van der Waals surface area contributed by atoms with Crippen molar-refractivity contribution in [3.63, 3.8) is 0 Å². The fraction of sp³-hybridized carbons (Fsp3) is 0.636. The van der Waals surface area contributed by atoms with Gasteiger partial charge in [-0.1, -0.05) is 146 Å². The van der Waals surface area contributed by atoms with Gasteiger partial charge >= 0.3 is 20.2 Å². The highest BCUT2D eigenvalue weighted by molar-refractivity contribution is 7.87. The van der Waals surface area contributed by atoms with Crippen LogP contribution in [0, 0.1) is 11.8 Å². The molecule has 0 amide bonds. The normalized spacial score (nSPS) is 21.4. The molecule has 0 radical (unpaired) electrons. The van der Waals surface area contributed by atoms with Crippen molar-refractivity contribution in [2.45, 2.75) is 277 Å². The van der Waals surface area contributed by atoms with Gasteiger partial charge < -0.3 is 8.37 Å². The van der Waals surface area contributed by atoms with E-state index in [9.17, 15) is 34.4 Å². The van der Waals surface area contributed by atoms with Crippen molar-refractivity contribution in [2.24, 2.45) is 11.8 Å². The van der Waals surface area contributed by atoms with Gasteiger partial charge in [0, 0.05) is 11.1 Å². The van der Waals surface area contributed by atoms with Crippen LogP contribution >= 0.6 is 0 Å². The number of hydrogen-bond acceptors (Lipinski definition) is 10. The van der Waals surface area contributed by atoms with Gasteiger partial charge in [0.15, 0.2) is 0 Å². The Balaban J connectivity index is 1.11. The molecule has 82 heavy (non-hydrogen) atoms. The van der Waals surface area contributed by atoms with E-state index in [4.69, 9.17) is 8.37 Å². The van der Waals surface area contributed by atoms with E-state index in [0.29, 0.717) is 83.0 Å². The molecule has 4 aliphatic rings. The van der Waals surface area contributed by atoms with Gasteiger partial charge in [0.25, 0.3) is 20.2 Å². The van der Waals surface area contributed by atoms with Gasteiger partial charge in [0.05, 0.1) is 4.90 Å². The summed E-state index contributed by atoms with van der Waals surface area (Å²) in [5, 5.41) is 0. The highest BCUT2D eigenvalue weighted by Gasteiger charge is 2.40. The predicted molar refractivity (Wildman–Crippen MR) is 327 cm³/mol. The molecule has 8 rings (SSSR count). The summed E-state index contributed by atoms with van der Waals surface area (Å²) >= 11 is 0. The Morgan fingerprint density at radius 3 is 0.988 bits per heavy atom. The molecule has 0 atom stereocenters. The van der Waals surface area contributed by atoms with Crippen molar-refractivity contribution in [2.75, 3.05) is 0 Å². The van der Waals surface area contributed by atoms with Crippen LogP contribution < -0.4 is 8.37 Å². The van der Waals surface area contributed by atoms with Crippen LogP contribution in [0.3, 0.4) is 0 Å². The zero-order valence-electron chi connectivity index (χ0n) is 50.9. The fourth-order valence-corrected chi connectivity index (χ4v) is 19.3. The highest BCUT2D eigenvalue weighted by atomic mass is 32.2. The summed E-state index contributed by atoms with van der Waals surface area (Å²) in [5.74, 6) is -0.417. The molecule has 0 spiro atoms. The molecule has 0 bridgehead atoms. The zero-order chi connectivity index (χ0) is 60.0. The lowest BCUT2D eigenvalue weighted by molar-refractivity contribution is 0.176. The second-order valence-corrected chi connectivity index (χ2v) is 32.5. The van der Waals surface area contributed by atoms with Gasteiger partial charge in [-0.05, 0) is 217 Å². The summed E-state index contributed by atoms with van der Waals surface area (Å²) in [6.07, 6.45) is 13.9. The average Bonchev–Trinajstić information content (AvgIpc) is 2.42. The second kappa shape index (κ2) is 25.6. The number of hydrogen-bond donors (Lipinski definition) is 2. The van der Waals surface area contributed by atoms with Crippen molar-refractivity contribution in [3.8, 4) is 11.5 Å². The van der Waals surface area contributed by atoms with Crippen LogP contribution in [0.1, 0.15) is 313 Å². The maximum Gasteiger partial charge on any atom is 0.339 e. The zero-order valence-corrected chi connectivity index (χ0v) is 54.2. The van der Waals surface area contributed by atoms with Crippen LogP contribution in [0.2, 0.25) is 0 Å². The van der Waals surface area contributed by atoms with E-state index in [1.165, 1.54) is 12.1 Å². The third kappa shape index (κ3) is 14.2. The molecule has 454 valence electrons. The SMILES string of the molecule is CC(C)c1cc(C(C)C)c(S(=O)(=O)Oc2cc(C3CCCCC3)c(S(=O)(=O)O)c(C3CCC(C4CCC(c5cc(S(=O)(=O)O)cc(C6CCCCC6)c5OS(=O)(=O)c5c(C(C)C)cc(C(C)C)cc5C(C)C)CC4)CC3)c2)c(C(C)C)c1. The Labute approximate surface area is 493 Å². The minimum absolute atomic E-state index is 0.0476. The van der Waals surface area contributed by atoms with Crippen molar-refractivity contribution >= 4 is 40.5 Å². The first-order chi connectivity index (χ1) is 38.4. The Morgan fingerprint density at radius 2 is 0.671 bits per heavy atom. The lowest BCUT2D eigenvalue weighted by Gasteiger charge is -2.39. The molecule has 0 aliphatic heterocycles. The minimum Gasteiger partial charge on any atom is -0.379 e. The second-order valence-electron chi connectivity index (χ2n) is 26.8. The van der Waals surface area contributed by atoms with Gasteiger partial charge in [-0.25, -0.2) is 0 Å². The van der Waals surface area contributed by atoms with Crippen molar-refractivity contribution in [1.29, 1.82) is 0 Å². The molecule has 2 N–H and O–H groups in total. The lowest BCUT2D eigenvalue weighted by atomic mass is 9.67. The van der Waals surface area contributed by atoms with E-state index < -0.39 is 40.5 Å². The summed E-state index contributed by atoms with van der Waals surface area (Å²) in [4.78, 5) is -0.0710. The molecule has 4 fully saturated rings. The first kappa shape index (κ1) is 64.2. The van der Waals surface area contributed by atoms with E-state index >= 15 is 8.42 Å². The summed E-state index contributed by atoms with van der Waals surface area (Å²) in [6, 6.07) is 13.9. The summed E-state index contributed by atoms with van der Waals surface area (Å²) in [5.41, 5.74) is 6.59. The maximum atomic E-state index is 15.2. The quantitative estimate of drug-likeness (QED) is 0.0667. The molecular formula is C66H94O12S4. The molecule has 0 saturated heterocycles. The molecule has 4 aliphatic carbocycles. The van der Waals surface area contributed by atoms with Gasteiger partial charge in [0.1, 0.15) is 26.2 Å². The van der Waals surface area contributed by atoms with Crippen LogP contribution in [0.5, 0.6) is 11.5 Å². The third-order valence-corrected chi connectivity index (χ3v) is 23.6. The molecule has 16 heteroatoms. The molecular weight excluding hydrogens is 1110 g/mol. The van der Waals surface area contributed by atoms with Crippen LogP contribution in [-0.2, 0) is 40.5 Å². The van der Waals surface area contributed by atoms with E-state index in [1.807, 2.05) is 79.7 Å². The van der Waals surface area contributed by atoms with Crippen molar-refractivity contribution in [3.05, 3.63) is 104 Å². The van der Waals surface area contributed by atoms with Crippen LogP contribution in [0.4, 0.5) is 0 Å². The maximum absolute atomic E-state index is 15.2. The van der Waals surface area contributed by atoms with Gasteiger partial charge in [-0.15, -0.1) is 0 Å². The summed E-state index contributed by atoms with van der Waals surface area (Å²) in [6.45, 7) is 24.2. The molecule has 0 aromatic heterocycles. The molecule has 0 heterocycles. The first-order valence-electron chi connectivity index (χ1n) is 30.9. The number of benzene rings is 4. The third-order valence-electron chi connectivity index (χ3n) is 19.0. The van der Waals surface area contributed by atoms with E-state index in [-0.39, 0.29) is 102 Å². The van der Waals surface area contributed by atoms with Crippen LogP contribution in [-0.4, -0.2) is 42.8 Å². The number of rotatable bonds is 19. The standard InChI is InChI=1S/C66H94O12S4/c1-39(2)51-31-55(41(5)6)65(56(32-51)42(7)8)81(73,74)77-53-35-61(48-21-17-14-18-22-48)64(80(70,71)72)62(36-53)50-29-25-46(26-30-50)45-23-27-49(28-24-45)60-38-54(79(67,68)69)37-59(47-19-15-13-16-20-47)63(60)78-82(75,76)66-57(43(9)10)33-52(40(3)4)34-58(66)44(11)12/h31-50H,13-30H2,1-12H3,(H,67,68,69)(H,70,71,72). The molecule has 12 nitrogen and oxygen atoms in total. The Hall–Kier alpha value is -3.80. The predicted octanol–water partition coefficient (Wildman–Crippen LogP) is 17.8. The highest BCUT2D eigenvalue weighted by Crippen LogP contribution is 2.53. The molecule has 4 aromatic carbocycles. The van der Waals surface area contributed by atoms with Crippen molar-refractivity contribution < 1.29 is 51.1 Å². The monoisotopic (exact) mass is 1210 g/mol. The molecule has 0 unspecified atom stereocenters. The Kier molecular flexibility index (Phi) is 20.1. The van der Waals surface area contributed by atoms with Gasteiger partial charge in [-0.3, -0.25) is 9.11 Å². The van der Waals surface area contributed by atoms with E-state index in [2.05, 4.69) is 27.7 Å².